The van der Waals surface area contributed by atoms with Crippen molar-refractivity contribution in [2.75, 3.05) is 11.4 Å². The molecule has 7 nitrogen and oxygen atoms in total. The van der Waals surface area contributed by atoms with Crippen molar-refractivity contribution in [3.63, 3.8) is 0 Å². The fourth-order valence-electron chi connectivity index (χ4n) is 2.94. The maximum absolute atomic E-state index is 12.8. The highest BCUT2D eigenvalue weighted by Crippen LogP contribution is 2.34. The average molecular weight is 417 g/mol. The molecule has 2 aromatic carbocycles. The van der Waals surface area contributed by atoms with Crippen molar-refractivity contribution in [2.24, 2.45) is 5.73 Å². The van der Waals surface area contributed by atoms with Crippen LogP contribution in [0.25, 0.3) is 11.5 Å². The van der Waals surface area contributed by atoms with Crippen molar-refractivity contribution in [1.82, 2.24) is 10.2 Å². The lowest BCUT2D eigenvalue weighted by Crippen LogP contribution is -2.28. The third kappa shape index (κ3) is 3.77. The standard InChI is InChI=1S/C19H17ClN4O3S/c20-13-5-3-12(4-6-13)17-22-23-19(27-17)28-16-15(25)10-24(18(16)26)14-7-1-11(9-21)2-8-14/h1-8,15-16,25H,9-10,21H2. The van der Waals surface area contributed by atoms with E-state index in [1.54, 1.807) is 29.2 Å². The fourth-order valence-corrected chi connectivity index (χ4v) is 3.97. The van der Waals surface area contributed by atoms with E-state index < -0.39 is 11.4 Å². The largest absolute Gasteiger partial charge is 0.411 e. The first-order valence-electron chi connectivity index (χ1n) is 8.59. The van der Waals surface area contributed by atoms with E-state index in [0.717, 1.165) is 28.6 Å². The highest BCUT2D eigenvalue weighted by atomic mass is 35.5. The Balaban J connectivity index is 1.49. The van der Waals surface area contributed by atoms with Crippen LogP contribution in [0.1, 0.15) is 5.56 Å². The molecule has 2 atom stereocenters. The van der Waals surface area contributed by atoms with Crippen molar-refractivity contribution in [3.05, 3.63) is 59.1 Å². The molecule has 0 bridgehead atoms. The second kappa shape index (κ2) is 7.92. The fraction of sp³-hybridized carbons (Fsp3) is 0.211. The van der Waals surface area contributed by atoms with Gasteiger partial charge in [0, 0.05) is 22.8 Å². The Morgan fingerprint density at radius 2 is 1.89 bits per heavy atom. The monoisotopic (exact) mass is 416 g/mol. The first-order chi connectivity index (χ1) is 13.5. The van der Waals surface area contributed by atoms with Gasteiger partial charge in [0.1, 0.15) is 5.25 Å². The van der Waals surface area contributed by atoms with E-state index in [1.807, 2.05) is 24.3 Å². The zero-order chi connectivity index (χ0) is 19.7. The summed E-state index contributed by atoms with van der Waals surface area (Å²) in [6.07, 6.45) is -0.849. The van der Waals surface area contributed by atoms with E-state index in [0.29, 0.717) is 17.5 Å². The molecule has 0 aliphatic carbocycles. The van der Waals surface area contributed by atoms with Gasteiger partial charge in [0.25, 0.3) is 5.22 Å². The van der Waals surface area contributed by atoms with Crippen LogP contribution >= 0.6 is 23.4 Å². The van der Waals surface area contributed by atoms with Gasteiger partial charge in [0.15, 0.2) is 0 Å². The second-order valence-electron chi connectivity index (χ2n) is 6.31. The van der Waals surface area contributed by atoms with Crippen LogP contribution in [-0.2, 0) is 11.3 Å². The van der Waals surface area contributed by atoms with Gasteiger partial charge in [0.2, 0.25) is 11.8 Å². The van der Waals surface area contributed by atoms with Gasteiger partial charge < -0.3 is 20.2 Å². The molecule has 1 aromatic heterocycles. The van der Waals surface area contributed by atoms with Gasteiger partial charge in [-0.25, -0.2) is 0 Å². The van der Waals surface area contributed by atoms with Gasteiger partial charge in [0.05, 0.1) is 12.6 Å². The van der Waals surface area contributed by atoms with Gasteiger partial charge in [-0.2, -0.15) is 0 Å². The summed E-state index contributed by atoms with van der Waals surface area (Å²) in [6.45, 7) is 0.638. The van der Waals surface area contributed by atoms with E-state index in [4.69, 9.17) is 21.8 Å². The predicted molar refractivity (Wildman–Crippen MR) is 107 cm³/mol. The van der Waals surface area contributed by atoms with Crippen molar-refractivity contribution in [2.45, 2.75) is 23.1 Å². The number of halogens is 1. The molecule has 1 amide bonds. The minimum Gasteiger partial charge on any atom is -0.411 e. The number of rotatable bonds is 5. The topological polar surface area (TPSA) is 105 Å². The third-order valence-electron chi connectivity index (χ3n) is 4.44. The molecule has 0 spiro atoms. The Bertz CT molecular complexity index is 978. The van der Waals surface area contributed by atoms with Gasteiger partial charge in [-0.3, -0.25) is 4.79 Å². The molecular weight excluding hydrogens is 400 g/mol. The zero-order valence-corrected chi connectivity index (χ0v) is 16.2. The molecule has 9 heteroatoms. The van der Waals surface area contributed by atoms with Gasteiger partial charge in [-0.05, 0) is 53.7 Å². The highest BCUT2D eigenvalue weighted by Gasteiger charge is 2.42. The number of hydrogen-bond acceptors (Lipinski definition) is 7. The number of aliphatic hydroxyl groups is 1. The van der Waals surface area contributed by atoms with E-state index in [9.17, 15) is 9.90 Å². The Kier molecular flexibility index (Phi) is 5.36. The Morgan fingerprint density at radius 3 is 2.57 bits per heavy atom. The van der Waals surface area contributed by atoms with Crippen LogP contribution in [-0.4, -0.2) is 39.1 Å². The third-order valence-corrected chi connectivity index (χ3v) is 5.83. The van der Waals surface area contributed by atoms with Crippen LogP contribution in [0.5, 0.6) is 0 Å². The molecule has 0 saturated carbocycles. The van der Waals surface area contributed by atoms with E-state index >= 15 is 0 Å². The van der Waals surface area contributed by atoms with Crippen LogP contribution in [0.3, 0.4) is 0 Å². The number of nitrogens with zero attached hydrogens (tertiary/aromatic N) is 3. The number of benzene rings is 2. The van der Waals surface area contributed by atoms with Crippen LogP contribution in [0.2, 0.25) is 5.02 Å². The summed E-state index contributed by atoms with van der Waals surface area (Å²) in [4.78, 5) is 14.4. The molecule has 2 unspecified atom stereocenters. The molecule has 4 rings (SSSR count). The number of amides is 1. The highest BCUT2D eigenvalue weighted by molar-refractivity contribution is 8.00. The Labute approximate surface area is 170 Å². The van der Waals surface area contributed by atoms with Crippen LogP contribution in [0.15, 0.2) is 58.2 Å². The molecule has 28 heavy (non-hydrogen) atoms. The number of anilines is 1. The van der Waals surface area contributed by atoms with Crippen LogP contribution in [0.4, 0.5) is 5.69 Å². The normalized spacial score (nSPS) is 19.4. The van der Waals surface area contributed by atoms with Gasteiger partial charge in [-0.1, -0.05) is 23.7 Å². The minimum atomic E-state index is -0.849. The number of aliphatic hydroxyl groups excluding tert-OH is 1. The molecule has 1 aliphatic heterocycles. The summed E-state index contributed by atoms with van der Waals surface area (Å²) in [6, 6.07) is 14.4. The molecule has 144 valence electrons. The number of nitrogens with two attached hydrogens (primary N) is 1. The molecule has 1 aliphatic rings. The summed E-state index contributed by atoms with van der Waals surface area (Å²) in [7, 11) is 0. The summed E-state index contributed by atoms with van der Waals surface area (Å²) < 4.78 is 5.64. The lowest BCUT2D eigenvalue weighted by Gasteiger charge is -2.16. The summed E-state index contributed by atoms with van der Waals surface area (Å²) in [5.74, 6) is 0.123. The van der Waals surface area contributed by atoms with Gasteiger partial charge in [-0.15, -0.1) is 10.2 Å². The Morgan fingerprint density at radius 1 is 1.18 bits per heavy atom. The van der Waals surface area contributed by atoms with Gasteiger partial charge >= 0.3 is 0 Å². The van der Waals surface area contributed by atoms with Crippen LogP contribution < -0.4 is 10.6 Å². The molecule has 3 N–H and O–H groups in total. The Hall–Kier alpha value is -2.39. The lowest BCUT2D eigenvalue weighted by molar-refractivity contribution is -0.117. The molecular formula is C19H17ClN4O3S. The summed E-state index contributed by atoms with van der Waals surface area (Å²) in [5.41, 5.74) is 8.03. The lowest BCUT2D eigenvalue weighted by atomic mass is 10.2. The first-order valence-corrected chi connectivity index (χ1v) is 9.85. The quantitative estimate of drug-likeness (QED) is 0.658. The van der Waals surface area contributed by atoms with Crippen LogP contribution in [0, 0.1) is 0 Å². The van der Waals surface area contributed by atoms with Crippen molar-refractivity contribution < 1.29 is 14.3 Å². The first kappa shape index (κ1) is 18.9. The number of thioether (sulfide) groups is 1. The number of carbonyl (C=O) groups excluding carboxylic acids is 1. The number of aromatic nitrogens is 2. The predicted octanol–water partition coefficient (Wildman–Crippen LogP) is 2.72. The number of β-amino-alcohol motifs (C(OH)–C–C–N with tert-alkyl or cyclic N) is 1. The molecule has 0 radical (unpaired) electrons. The molecule has 2 heterocycles. The average Bonchev–Trinajstić information content (AvgIpc) is 3.29. The summed E-state index contributed by atoms with van der Waals surface area (Å²) in [5, 5.41) is 18.5. The summed E-state index contributed by atoms with van der Waals surface area (Å²) >= 11 is 6.95. The maximum atomic E-state index is 12.8. The van der Waals surface area contributed by atoms with E-state index in [2.05, 4.69) is 10.2 Å². The van der Waals surface area contributed by atoms with E-state index in [-0.39, 0.29) is 17.7 Å². The van der Waals surface area contributed by atoms with E-state index in [1.165, 1.54) is 0 Å². The SMILES string of the molecule is NCc1ccc(N2CC(O)C(Sc3nnc(-c4ccc(Cl)cc4)o3)C2=O)cc1. The number of carbonyl (C=O) groups is 1. The number of hydrogen-bond donors (Lipinski definition) is 2. The second-order valence-corrected chi connectivity index (χ2v) is 7.83. The molecule has 3 aromatic rings. The van der Waals surface area contributed by atoms with Crippen molar-refractivity contribution >= 4 is 35.0 Å². The van der Waals surface area contributed by atoms with Crippen molar-refractivity contribution in [1.29, 1.82) is 0 Å². The maximum Gasteiger partial charge on any atom is 0.277 e. The molecule has 1 fully saturated rings. The molecule has 1 saturated heterocycles. The smallest absolute Gasteiger partial charge is 0.277 e. The zero-order valence-electron chi connectivity index (χ0n) is 14.7. The van der Waals surface area contributed by atoms with Crippen molar-refractivity contribution in [3.8, 4) is 11.5 Å². The minimum absolute atomic E-state index is 0.204.